The van der Waals surface area contributed by atoms with E-state index in [0.717, 1.165) is 36.5 Å². The molecule has 0 saturated carbocycles. The average Bonchev–Trinajstić information content (AvgIpc) is 3.02. The van der Waals surface area contributed by atoms with Crippen LogP contribution in [-0.4, -0.2) is 19.1 Å². The van der Waals surface area contributed by atoms with Gasteiger partial charge in [0.1, 0.15) is 17.4 Å². The summed E-state index contributed by atoms with van der Waals surface area (Å²) in [5.74, 6) is -0.719. The van der Waals surface area contributed by atoms with Gasteiger partial charge in [0.15, 0.2) is 0 Å². The Kier molecular flexibility index (Phi) is 4.89. The van der Waals surface area contributed by atoms with Crippen molar-refractivity contribution in [2.24, 2.45) is 0 Å². The van der Waals surface area contributed by atoms with E-state index in [4.69, 9.17) is 4.74 Å². The molecule has 2 aromatic rings. The summed E-state index contributed by atoms with van der Waals surface area (Å²) in [6, 6.07) is 9.27. The molecule has 24 heavy (non-hydrogen) atoms. The quantitative estimate of drug-likeness (QED) is 0.855. The van der Waals surface area contributed by atoms with E-state index in [0.29, 0.717) is 13.0 Å². The van der Waals surface area contributed by atoms with Crippen LogP contribution in [0.4, 0.5) is 8.78 Å². The van der Waals surface area contributed by atoms with Crippen molar-refractivity contribution in [1.82, 2.24) is 5.32 Å². The number of fused-ring (bicyclic) bond motifs is 1. The van der Waals surface area contributed by atoms with E-state index in [1.54, 1.807) is 0 Å². The van der Waals surface area contributed by atoms with Gasteiger partial charge in [0, 0.05) is 30.7 Å². The van der Waals surface area contributed by atoms with Gasteiger partial charge >= 0.3 is 0 Å². The summed E-state index contributed by atoms with van der Waals surface area (Å²) in [5.41, 5.74) is 2.50. The number of hydrogen-bond donors (Lipinski definition) is 1. The van der Waals surface area contributed by atoms with Gasteiger partial charge in [-0.05, 0) is 41.8 Å². The molecule has 3 rings (SSSR count). The fraction of sp³-hybridized carbons (Fsp3) is 0.211. The first-order chi connectivity index (χ1) is 11.6. The van der Waals surface area contributed by atoms with E-state index in [-0.39, 0.29) is 11.5 Å². The second-order valence-corrected chi connectivity index (χ2v) is 5.58. The SMILES string of the molecule is O=C(C=Cc1ccc(F)cc1F)NCCc1ccc2c(c1)CCO2. The summed E-state index contributed by atoms with van der Waals surface area (Å²) in [5, 5.41) is 2.75. The molecular weight excluding hydrogens is 312 g/mol. The molecule has 0 bridgehead atoms. The Morgan fingerprint density at radius 3 is 2.92 bits per heavy atom. The fourth-order valence-corrected chi connectivity index (χ4v) is 2.59. The molecule has 1 heterocycles. The molecule has 0 aromatic heterocycles. The monoisotopic (exact) mass is 329 g/mol. The number of hydrogen-bond acceptors (Lipinski definition) is 2. The van der Waals surface area contributed by atoms with E-state index in [9.17, 15) is 13.6 Å². The van der Waals surface area contributed by atoms with E-state index >= 15 is 0 Å². The summed E-state index contributed by atoms with van der Waals surface area (Å²) >= 11 is 0. The molecule has 124 valence electrons. The van der Waals surface area contributed by atoms with Crippen molar-refractivity contribution in [1.29, 1.82) is 0 Å². The molecule has 1 amide bonds. The molecule has 5 heteroatoms. The second kappa shape index (κ2) is 7.25. The number of rotatable bonds is 5. The minimum Gasteiger partial charge on any atom is -0.493 e. The predicted molar refractivity (Wildman–Crippen MR) is 87.7 cm³/mol. The van der Waals surface area contributed by atoms with Gasteiger partial charge in [-0.2, -0.15) is 0 Å². The van der Waals surface area contributed by atoms with Crippen molar-refractivity contribution in [2.75, 3.05) is 13.2 Å². The first-order valence-electron chi connectivity index (χ1n) is 7.77. The molecule has 3 nitrogen and oxygen atoms in total. The summed E-state index contributed by atoms with van der Waals surface area (Å²) in [6.07, 6.45) is 4.20. The molecule has 2 aromatic carbocycles. The fourth-order valence-electron chi connectivity index (χ4n) is 2.59. The van der Waals surface area contributed by atoms with Crippen LogP contribution in [0.25, 0.3) is 6.08 Å². The first kappa shape index (κ1) is 16.2. The number of halogens is 2. The maximum Gasteiger partial charge on any atom is 0.244 e. The Bertz CT molecular complexity index is 787. The predicted octanol–water partition coefficient (Wildman–Crippen LogP) is 3.27. The highest BCUT2D eigenvalue weighted by Crippen LogP contribution is 2.25. The third-order valence-corrected chi connectivity index (χ3v) is 3.84. The van der Waals surface area contributed by atoms with Crippen molar-refractivity contribution in [3.05, 3.63) is 70.8 Å². The molecule has 0 spiro atoms. The van der Waals surface area contributed by atoms with Gasteiger partial charge in [0.2, 0.25) is 5.91 Å². The zero-order valence-electron chi connectivity index (χ0n) is 13.0. The summed E-state index contributed by atoms with van der Waals surface area (Å²) < 4.78 is 31.7. The lowest BCUT2D eigenvalue weighted by Crippen LogP contribution is -2.23. The van der Waals surface area contributed by atoms with Crippen LogP contribution < -0.4 is 10.1 Å². The second-order valence-electron chi connectivity index (χ2n) is 5.58. The Labute approximate surface area is 139 Å². The Hall–Kier alpha value is -2.69. The average molecular weight is 329 g/mol. The number of ether oxygens (including phenoxy) is 1. The lowest BCUT2D eigenvalue weighted by Gasteiger charge is -2.05. The lowest BCUT2D eigenvalue weighted by molar-refractivity contribution is -0.116. The molecular formula is C19H17F2NO2. The molecule has 1 aliphatic heterocycles. The highest BCUT2D eigenvalue weighted by atomic mass is 19.1. The maximum atomic E-state index is 13.5. The van der Waals surface area contributed by atoms with Crippen LogP contribution in [0.3, 0.4) is 0 Å². The third-order valence-electron chi connectivity index (χ3n) is 3.84. The van der Waals surface area contributed by atoms with Crippen molar-refractivity contribution in [2.45, 2.75) is 12.8 Å². The Balaban J connectivity index is 1.49. The molecule has 0 unspecified atom stereocenters. The van der Waals surface area contributed by atoms with Gasteiger partial charge in [0.25, 0.3) is 0 Å². The van der Waals surface area contributed by atoms with Crippen molar-refractivity contribution >= 4 is 12.0 Å². The highest BCUT2D eigenvalue weighted by molar-refractivity contribution is 5.91. The number of carbonyl (C=O) groups excluding carboxylic acids is 1. The Morgan fingerprint density at radius 1 is 1.21 bits per heavy atom. The topological polar surface area (TPSA) is 38.3 Å². The van der Waals surface area contributed by atoms with Crippen LogP contribution in [0.2, 0.25) is 0 Å². The molecule has 1 N–H and O–H groups in total. The summed E-state index contributed by atoms with van der Waals surface area (Å²) in [4.78, 5) is 11.8. The van der Waals surface area contributed by atoms with Crippen LogP contribution in [0.15, 0.2) is 42.5 Å². The Morgan fingerprint density at radius 2 is 2.08 bits per heavy atom. The van der Waals surface area contributed by atoms with E-state index in [1.807, 2.05) is 12.1 Å². The molecule has 1 aliphatic rings. The van der Waals surface area contributed by atoms with Crippen molar-refractivity contribution < 1.29 is 18.3 Å². The molecule has 0 radical (unpaired) electrons. The minimum atomic E-state index is -0.695. The zero-order valence-corrected chi connectivity index (χ0v) is 13.0. The van der Waals surface area contributed by atoms with Crippen molar-refractivity contribution in [3.8, 4) is 5.75 Å². The normalized spacial score (nSPS) is 12.9. The molecule has 0 atom stereocenters. The zero-order chi connectivity index (χ0) is 16.9. The van der Waals surface area contributed by atoms with Gasteiger partial charge < -0.3 is 10.1 Å². The molecule has 0 fully saturated rings. The van der Waals surface area contributed by atoms with Gasteiger partial charge in [-0.1, -0.05) is 12.1 Å². The molecule has 0 saturated heterocycles. The van der Waals surface area contributed by atoms with Crippen LogP contribution in [0.1, 0.15) is 16.7 Å². The summed E-state index contributed by atoms with van der Waals surface area (Å²) in [7, 11) is 0. The minimum absolute atomic E-state index is 0.171. The van der Waals surface area contributed by atoms with Crippen LogP contribution in [-0.2, 0) is 17.6 Å². The van der Waals surface area contributed by atoms with Crippen LogP contribution >= 0.6 is 0 Å². The number of carbonyl (C=O) groups is 1. The number of amides is 1. The standard InChI is InChI=1S/C19H17F2NO2/c20-16-4-2-14(17(21)12-16)3-6-19(23)22-9-7-13-1-5-18-15(11-13)8-10-24-18/h1-6,11-12H,7-10H2,(H,22,23). The van der Waals surface area contributed by atoms with Gasteiger partial charge in [-0.3, -0.25) is 4.79 Å². The van der Waals surface area contributed by atoms with Crippen LogP contribution in [0, 0.1) is 11.6 Å². The van der Waals surface area contributed by atoms with Gasteiger partial charge in [0.05, 0.1) is 6.61 Å². The van der Waals surface area contributed by atoms with E-state index in [2.05, 4.69) is 11.4 Å². The van der Waals surface area contributed by atoms with Crippen LogP contribution in [0.5, 0.6) is 5.75 Å². The van der Waals surface area contributed by atoms with Gasteiger partial charge in [-0.25, -0.2) is 8.78 Å². The third kappa shape index (κ3) is 3.98. The number of benzene rings is 2. The molecule has 0 aliphatic carbocycles. The summed E-state index contributed by atoms with van der Waals surface area (Å²) in [6.45, 7) is 1.20. The first-order valence-corrected chi connectivity index (χ1v) is 7.77. The largest absolute Gasteiger partial charge is 0.493 e. The smallest absolute Gasteiger partial charge is 0.244 e. The van der Waals surface area contributed by atoms with E-state index in [1.165, 1.54) is 23.8 Å². The maximum absolute atomic E-state index is 13.5. The number of nitrogens with one attached hydrogen (secondary N) is 1. The van der Waals surface area contributed by atoms with Gasteiger partial charge in [-0.15, -0.1) is 0 Å². The lowest BCUT2D eigenvalue weighted by atomic mass is 10.1. The highest BCUT2D eigenvalue weighted by Gasteiger charge is 2.11. The van der Waals surface area contributed by atoms with Crippen molar-refractivity contribution in [3.63, 3.8) is 0 Å². The van der Waals surface area contributed by atoms with E-state index < -0.39 is 11.6 Å².